The summed E-state index contributed by atoms with van der Waals surface area (Å²) >= 11 is 0. The van der Waals surface area contributed by atoms with Gasteiger partial charge < -0.3 is 0 Å². The number of ketones is 2. The van der Waals surface area contributed by atoms with E-state index in [1.807, 2.05) is 0 Å². The van der Waals surface area contributed by atoms with Crippen LogP contribution in [0.2, 0.25) is 0 Å². The standard InChI is InChI=1S/C23H40O2/c1-2-3-12-20-13-7-8-14-21(20)18-23(25)16-9-15-22(24)17-19-10-5-4-6-11-19/h19-21H,2-18H2,1H3. The van der Waals surface area contributed by atoms with Crippen LogP contribution in [-0.4, -0.2) is 11.6 Å². The first-order chi connectivity index (χ1) is 12.2. The summed E-state index contributed by atoms with van der Waals surface area (Å²) in [5.74, 6) is 2.87. The van der Waals surface area contributed by atoms with Crippen LogP contribution >= 0.6 is 0 Å². The molecule has 0 heterocycles. The Morgan fingerprint density at radius 3 is 2.00 bits per heavy atom. The van der Waals surface area contributed by atoms with Crippen LogP contribution in [0, 0.1) is 17.8 Å². The Kier molecular flexibility index (Phi) is 9.80. The first kappa shape index (κ1) is 20.6. The first-order valence-corrected chi connectivity index (χ1v) is 11.2. The van der Waals surface area contributed by atoms with Crippen LogP contribution in [-0.2, 0) is 9.59 Å². The van der Waals surface area contributed by atoms with Gasteiger partial charge in [0.15, 0.2) is 0 Å². The van der Waals surface area contributed by atoms with E-state index >= 15 is 0 Å². The van der Waals surface area contributed by atoms with Crippen molar-refractivity contribution < 1.29 is 9.59 Å². The van der Waals surface area contributed by atoms with Crippen LogP contribution in [0.1, 0.15) is 116 Å². The lowest BCUT2D eigenvalue weighted by Crippen LogP contribution is -2.22. The fraction of sp³-hybridized carbons (Fsp3) is 0.913. The highest BCUT2D eigenvalue weighted by Gasteiger charge is 2.26. The van der Waals surface area contributed by atoms with E-state index in [0.29, 0.717) is 36.2 Å². The molecule has 0 saturated heterocycles. The molecule has 0 aromatic heterocycles. The minimum Gasteiger partial charge on any atom is -0.300 e. The summed E-state index contributed by atoms with van der Waals surface area (Å²) < 4.78 is 0. The van der Waals surface area contributed by atoms with Crippen molar-refractivity contribution >= 4 is 11.6 Å². The minimum absolute atomic E-state index is 0.401. The Labute approximate surface area is 155 Å². The molecule has 0 aromatic rings. The van der Waals surface area contributed by atoms with Gasteiger partial charge in [0.1, 0.15) is 11.6 Å². The highest BCUT2D eigenvalue weighted by molar-refractivity contribution is 5.81. The highest BCUT2D eigenvalue weighted by Crippen LogP contribution is 2.36. The molecule has 0 amide bonds. The fourth-order valence-electron chi connectivity index (χ4n) is 5.09. The van der Waals surface area contributed by atoms with Crippen molar-refractivity contribution in [3.63, 3.8) is 0 Å². The van der Waals surface area contributed by atoms with Gasteiger partial charge >= 0.3 is 0 Å². The van der Waals surface area contributed by atoms with E-state index in [1.165, 1.54) is 77.0 Å². The second-order valence-electron chi connectivity index (χ2n) is 8.79. The van der Waals surface area contributed by atoms with E-state index in [4.69, 9.17) is 0 Å². The third-order valence-corrected chi connectivity index (χ3v) is 6.64. The van der Waals surface area contributed by atoms with Crippen molar-refractivity contribution in [1.29, 1.82) is 0 Å². The lowest BCUT2D eigenvalue weighted by atomic mass is 9.74. The summed E-state index contributed by atoms with van der Waals surface area (Å²) in [6.07, 6.45) is 19.2. The van der Waals surface area contributed by atoms with Crippen molar-refractivity contribution in [2.24, 2.45) is 17.8 Å². The topological polar surface area (TPSA) is 34.1 Å². The number of unbranched alkanes of at least 4 members (excludes halogenated alkanes) is 1. The molecular weight excluding hydrogens is 308 g/mol. The summed E-state index contributed by atoms with van der Waals surface area (Å²) in [6, 6.07) is 0. The predicted molar refractivity (Wildman–Crippen MR) is 105 cm³/mol. The monoisotopic (exact) mass is 348 g/mol. The summed E-state index contributed by atoms with van der Waals surface area (Å²) in [7, 11) is 0. The third-order valence-electron chi connectivity index (χ3n) is 6.64. The summed E-state index contributed by atoms with van der Waals surface area (Å²) in [6.45, 7) is 2.26. The molecule has 2 nitrogen and oxygen atoms in total. The average molecular weight is 349 g/mol. The van der Waals surface area contributed by atoms with Crippen LogP contribution in [0.5, 0.6) is 0 Å². The molecule has 25 heavy (non-hydrogen) atoms. The maximum atomic E-state index is 12.4. The van der Waals surface area contributed by atoms with E-state index in [1.54, 1.807) is 0 Å². The molecule has 0 radical (unpaired) electrons. The Bertz CT molecular complexity index is 395. The number of rotatable bonds is 11. The molecule has 2 atom stereocenters. The summed E-state index contributed by atoms with van der Waals surface area (Å²) in [4.78, 5) is 24.5. The van der Waals surface area contributed by atoms with Gasteiger partial charge in [-0.05, 0) is 30.6 Å². The molecule has 0 spiro atoms. The van der Waals surface area contributed by atoms with Gasteiger partial charge in [0.25, 0.3) is 0 Å². The van der Waals surface area contributed by atoms with Crippen LogP contribution < -0.4 is 0 Å². The molecule has 2 rings (SSSR count). The SMILES string of the molecule is CCCCC1CCCCC1CC(=O)CCCC(=O)CC1CCCCC1. The molecule has 2 aliphatic carbocycles. The summed E-state index contributed by atoms with van der Waals surface area (Å²) in [5.41, 5.74) is 0. The number of carbonyl (C=O) groups is 2. The smallest absolute Gasteiger partial charge is 0.133 e. The Balaban J connectivity index is 1.61. The number of Topliss-reactive ketones (excluding diaryl/α,β-unsaturated/α-hetero) is 2. The van der Waals surface area contributed by atoms with Gasteiger partial charge in [-0.15, -0.1) is 0 Å². The predicted octanol–water partition coefficient (Wildman–Crippen LogP) is 6.65. The van der Waals surface area contributed by atoms with E-state index < -0.39 is 0 Å². The van der Waals surface area contributed by atoms with Crippen molar-refractivity contribution in [3.05, 3.63) is 0 Å². The van der Waals surface area contributed by atoms with Gasteiger partial charge in [0.05, 0.1) is 0 Å². The quantitative estimate of drug-likeness (QED) is 0.419. The third kappa shape index (κ3) is 8.05. The maximum absolute atomic E-state index is 12.4. The van der Waals surface area contributed by atoms with Crippen molar-refractivity contribution in [2.45, 2.75) is 116 Å². The second-order valence-corrected chi connectivity index (χ2v) is 8.79. The molecule has 0 bridgehead atoms. The summed E-state index contributed by atoms with van der Waals surface area (Å²) in [5, 5.41) is 0. The molecule has 2 aliphatic rings. The fourth-order valence-corrected chi connectivity index (χ4v) is 5.09. The van der Waals surface area contributed by atoms with E-state index in [-0.39, 0.29) is 0 Å². The van der Waals surface area contributed by atoms with Crippen LogP contribution in [0.3, 0.4) is 0 Å². The van der Waals surface area contributed by atoms with Crippen molar-refractivity contribution in [1.82, 2.24) is 0 Å². The Morgan fingerprint density at radius 2 is 1.32 bits per heavy atom. The maximum Gasteiger partial charge on any atom is 0.133 e. The largest absolute Gasteiger partial charge is 0.300 e. The van der Waals surface area contributed by atoms with E-state index in [9.17, 15) is 9.59 Å². The molecule has 144 valence electrons. The van der Waals surface area contributed by atoms with Gasteiger partial charge in [0, 0.05) is 25.7 Å². The molecule has 0 aliphatic heterocycles. The van der Waals surface area contributed by atoms with Crippen LogP contribution in [0.25, 0.3) is 0 Å². The zero-order valence-electron chi connectivity index (χ0n) is 16.6. The normalized spacial score (nSPS) is 25.0. The molecule has 2 saturated carbocycles. The second kappa shape index (κ2) is 11.9. The van der Waals surface area contributed by atoms with E-state index in [0.717, 1.165) is 25.2 Å². The molecule has 2 unspecified atom stereocenters. The van der Waals surface area contributed by atoms with E-state index in [2.05, 4.69) is 6.92 Å². The zero-order chi connectivity index (χ0) is 17.9. The van der Waals surface area contributed by atoms with Crippen molar-refractivity contribution in [2.75, 3.05) is 0 Å². The van der Waals surface area contributed by atoms with Crippen LogP contribution in [0.4, 0.5) is 0 Å². The Morgan fingerprint density at radius 1 is 0.720 bits per heavy atom. The molecule has 2 fully saturated rings. The molecule has 0 aromatic carbocycles. The van der Waals surface area contributed by atoms with Crippen molar-refractivity contribution in [3.8, 4) is 0 Å². The van der Waals surface area contributed by atoms with Gasteiger partial charge in [-0.1, -0.05) is 77.6 Å². The van der Waals surface area contributed by atoms with Gasteiger partial charge in [-0.3, -0.25) is 9.59 Å². The first-order valence-electron chi connectivity index (χ1n) is 11.2. The number of hydrogen-bond donors (Lipinski definition) is 0. The lowest BCUT2D eigenvalue weighted by molar-refractivity contribution is -0.121. The Hall–Kier alpha value is -0.660. The lowest BCUT2D eigenvalue weighted by Gasteiger charge is -2.31. The molecular formula is C23H40O2. The number of carbonyl (C=O) groups excluding carboxylic acids is 2. The average Bonchev–Trinajstić information content (AvgIpc) is 2.62. The highest BCUT2D eigenvalue weighted by atomic mass is 16.1. The van der Waals surface area contributed by atoms with Crippen LogP contribution in [0.15, 0.2) is 0 Å². The van der Waals surface area contributed by atoms with Gasteiger partial charge in [-0.2, -0.15) is 0 Å². The van der Waals surface area contributed by atoms with Gasteiger partial charge in [-0.25, -0.2) is 0 Å². The van der Waals surface area contributed by atoms with Gasteiger partial charge in [0.2, 0.25) is 0 Å². The number of hydrogen-bond acceptors (Lipinski definition) is 2. The minimum atomic E-state index is 0.401. The molecule has 0 N–H and O–H groups in total. The molecule has 2 heteroatoms. The zero-order valence-corrected chi connectivity index (χ0v) is 16.6.